The average molecular weight is 425 g/mol. The summed E-state index contributed by atoms with van der Waals surface area (Å²) in [5.74, 6) is 1.99. The molecule has 0 unspecified atom stereocenters. The third-order valence-electron chi connectivity index (χ3n) is 6.43. The van der Waals surface area contributed by atoms with Crippen LogP contribution in [0.3, 0.4) is 0 Å². The van der Waals surface area contributed by atoms with Crippen molar-refractivity contribution in [2.45, 2.75) is 71.3 Å². The van der Waals surface area contributed by atoms with E-state index < -0.39 is 0 Å². The van der Waals surface area contributed by atoms with Gasteiger partial charge in [0.05, 0.1) is 13.3 Å². The molecule has 1 aliphatic carbocycles. The summed E-state index contributed by atoms with van der Waals surface area (Å²) in [6.07, 6.45) is 6.56. The van der Waals surface area contributed by atoms with Crippen LogP contribution < -0.4 is 10.1 Å². The Balaban J connectivity index is 1.75. The zero-order chi connectivity index (χ0) is 22.6. The maximum absolute atomic E-state index is 13.6. The standard InChI is InChI=1S/C25H36N4O2/c1-7-20(23(26-5)28-25(4)12-13-25)22(17(2)3)24(30)29-14-10-18(11-15-29)21-9-8-19(31-6)16-27-21/h8-9,16,18,28H,5,7,10-15H2,1-4,6H3/b23-20-. The first-order valence-electron chi connectivity index (χ1n) is 11.3. The van der Waals surface area contributed by atoms with Crippen LogP contribution in [0.2, 0.25) is 0 Å². The Hall–Kier alpha value is -2.63. The molecule has 0 radical (unpaired) electrons. The molecule has 0 aromatic carbocycles. The van der Waals surface area contributed by atoms with Gasteiger partial charge < -0.3 is 15.0 Å². The molecule has 6 nitrogen and oxygen atoms in total. The van der Waals surface area contributed by atoms with Gasteiger partial charge in [0.25, 0.3) is 5.91 Å². The number of nitrogens with zero attached hydrogens (tertiary/aromatic N) is 3. The van der Waals surface area contributed by atoms with Crippen molar-refractivity contribution < 1.29 is 9.53 Å². The first-order valence-corrected chi connectivity index (χ1v) is 11.3. The van der Waals surface area contributed by atoms with E-state index in [2.05, 4.69) is 35.9 Å². The minimum Gasteiger partial charge on any atom is -0.495 e. The predicted octanol–water partition coefficient (Wildman–Crippen LogP) is 4.60. The number of methoxy groups -OCH3 is 1. The molecule has 0 bridgehead atoms. The average Bonchev–Trinajstić information content (AvgIpc) is 3.52. The number of hydrogen-bond donors (Lipinski definition) is 1. The SMILES string of the molecule is C=N/C(NC1(C)CC1)=C(\CC)C(C(=O)N1CCC(c2ccc(OC)cn2)CC1)=C(C)C. The van der Waals surface area contributed by atoms with Crippen molar-refractivity contribution in [3.63, 3.8) is 0 Å². The molecule has 1 saturated carbocycles. The van der Waals surface area contributed by atoms with Gasteiger partial charge >= 0.3 is 0 Å². The van der Waals surface area contributed by atoms with Crippen LogP contribution in [0, 0.1) is 0 Å². The molecular weight excluding hydrogens is 388 g/mol. The monoisotopic (exact) mass is 424 g/mol. The fraction of sp³-hybridized carbons (Fsp3) is 0.560. The number of likely N-dealkylation sites (tertiary alicyclic amines) is 1. The zero-order valence-corrected chi connectivity index (χ0v) is 19.6. The van der Waals surface area contributed by atoms with Crippen LogP contribution in [-0.2, 0) is 4.79 Å². The Labute approximate surface area is 186 Å². The number of aromatic nitrogens is 1. The van der Waals surface area contributed by atoms with E-state index in [1.165, 1.54) is 0 Å². The van der Waals surface area contributed by atoms with E-state index in [9.17, 15) is 4.79 Å². The molecule has 1 saturated heterocycles. The molecule has 2 fully saturated rings. The van der Waals surface area contributed by atoms with Gasteiger partial charge in [0.15, 0.2) is 0 Å². The number of hydrogen-bond acceptors (Lipinski definition) is 5. The van der Waals surface area contributed by atoms with Crippen LogP contribution in [0.15, 0.2) is 45.9 Å². The highest BCUT2D eigenvalue weighted by Crippen LogP contribution is 2.37. The van der Waals surface area contributed by atoms with Gasteiger partial charge in [-0.2, -0.15) is 0 Å². The second-order valence-electron chi connectivity index (χ2n) is 9.09. The molecule has 1 N–H and O–H groups in total. The molecule has 1 aliphatic heterocycles. The van der Waals surface area contributed by atoms with Gasteiger partial charge in [-0.05, 0) is 71.7 Å². The Morgan fingerprint density at radius 1 is 1.32 bits per heavy atom. The van der Waals surface area contributed by atoms with Gasteiger partial charge in [-0.3, -0.25) is 9.78 Å². The first-order chi connectivity index (χ1) is 14.8. The zero-order valence-electron chi connectivity index (χ0n) is 19.6. The quantitative estimate of drug-likeness (QED) is 0.376. The first kappa shape index (κ1) is 23.0. The molecule has 2 heterocycles. The largest absolute Gasteiger partial charge is 0.495 e. The number of aliphatic imine (C=N–C) groups is 1. The van der Waals surface area contributed by atoms with Crippen LogP contribution in [0.1, 0.15) is 71.4 Å². The summed E-state index contributed by atoms with van der Waals surface area (Å²) in [6.45, 7) is 13.5. The molecule has 1 aromatic rings. The Morgan fingerprint density at radius 3 is 2.45 bits per heavy atom. The number of pyridine rings is 1. The van der Waals surface area contributed by atoms with E-state index in [0.29, 0.717) is 5.92 Å². The molecule has 3 rings (SSSR count). The van der Waals surface area contributed by atoms with Crippen LogP contribution in [0.25, 0.3) is 0 Å². The minimum atomic E-state index is 0.0798. The maximum atomic E-state index is 13.6. The van der Waals surface area contributed by atoms with E-state index in [0.717, 1.165) is 79.2 Å². The van der Waals surface area contributed by atoms with Gasteiger partial charge in [0.2, 0.25) is 0 Å². The summed E-state index contributed by atoms with van der Waals surface area (Å²) in [5, 5.41) is 3.53. The molecule has 0 atom stereocenters. The molecule has 1 aromatic heterocycles. The number of piperidine rings is 1. The lowest BCUT2D eigenvalue weighted by Gasteiger charge is -2.33. The van der Waals surface area contributed by atoms with Crippen molar-refractivity contribution in [2.24, 2.45) is 4.99 Å². The van der Waals surface area contributed by atoms with Gasteiger partial charge in [-0.25, -0.2) is 4.99 Å². The molecule has 1 amide bonds. The van der Waals surface area contributed by atoms with Crippen LogP contribution in [-0.4, -0.2) is 48.2 Å². The third kappa shape index (κ3) is 5.35. The van der Waals surface area contributed by atoms with Crippen molar-refractivity contribution in [3.8, 4) is 5.75 Å². The van der Waals surface area contributed by atoms with E-state index in [4.69, 9.17) is 4.74 Å². The number of allylic oxidation sites excluding steroid dienone is 1. The predicted molar refractivity (Wildman–Crippen MR) is 125 cm³/mol. The summed E-state index contributed by atoms with van der Waals surface area (Å²) in [6, 6.07) is 3.99. The van der Waals surface area contributed by atoms with Crippen LogP contribution in [0.5, 0.6) is 5.75 Å². The maximum Gasteiger partial charge on any atom is 0.254 e. The number of carbonyl (C=O) groups excluding carboxylic acids is 1. The second kappa shape index (κ2) is 9.67. The Bertz CT molecular complexity index is 869. The van der Waals surface area contributed by atoms with E-state index in [1.807, 2.05) is 30.9 Å². The smallest absolute Gasteiger partial charge is 0.254 e. The fourth-order valence-corrected chi connectivity index (χ4v) is 4.21. The van der Waals surface area contributed by atoms with E-state index in [-0.39, 0.29) is 11.4 Å². The summed E-state index contributed by atoms with van der Waals surface area (Å²) in [7, 11) is 1.65. The van der Waals surface area contributed by atoms with Crippen molar-refractivity contribution >= 4 is 12.6 Å². The lowest BCUT2D eigenvalue weighted by Crippen LogP contribution is -2.40. The van der Waals surface area contributed by atoms with Crippen LogP contribution in [0.4, 0.5) is 0 Å². The normalized spacial score (nSPS) is 18.7. The second-order valence-corrected chi connectivity index (χ2v) is 9.09. The van der Waals surface area contributed by atoms with Crippen molar-refractivity contribution in [1.82, 2.24) is 15.2 Å². The number of amides is 1. The minimum absolute atomic E-state index is 0.0798. The molecule has 6 heteroatoms. The van der Waals surface area contributed by atoms with Gasteiger partial charge in [-0.15, -0.1) is 0 Å². The number of nitrogens with one attached hydrogen (secondary N) is 1. The van der Waals surface area contributed by atoms with Gasteiger partial charge in [-0.1, -0.05) is 12.5 Å². The lowest BCUT2D eigenvalue weighted by atomic mass is 9.91. The van der Waals surface area contributed by atoms with Crippen molar-refractivity contribution in [3.05, 3.63) is 46.6 Å². The van der Waals surface area contributed by atoms with E-state index in [1.54, 1.807) is 13.3 Å². The number of rotatable bonds is 8. The van der Waals surface area contributed by atoms with Crippen LogP contribution >= 0.6 is 0 Å². The topological polar surface area (TPSA) is 66.8 Å². The number of ether oxygens (including phenoxy) is 1. The van der Waals surface area contributed by atoms with Crippen molar-refractivity contribution in [2.75, 3.05) is 20.2 Å². The van der Waals surface area contributed by atoms with Gasteiger partial charge in [0.1, 0.15) is 11.6 Å². The highest BCUT2D eigenvalue weighted by Gasteiger charge is 2.38. The third-order valence-corrected chi connectivity index (χ3v) is 6.43. The molecule has 2 aliphatic rings. The summed E-state index contributed by atoms with van der Waals surface area (Å²) in [4.78, 5) is 24.4. The Morgan fingerprint density at radius 2 is 2.00 bits per heavy atom. The highest BCUT2D eigenvalue weighted by atomic mass is 16.5. The fourth-order valence-electron chi connectivity index (χ4n) is 4.21. The molecule has 31 heavy (non-hydrogen) atoms. The van der Waals surface area contributed by atoms with Crippen molar-refractivity contribution in [1.29, 1.82) is 0 Å². The number of carbonyl (C=O) groups is 1. The van der Waals surface area contributed by atoms with Gasteiger partial charge in [0, 0.05) is 41.4 Å². The summed E-state index contributed by atoms with van der Waals surface area (Å²) in [5.41, 5.74) is 3.92. The van der Waals surface area contributed by atoms with E-state index >= 15 is 0 Å². The molecule has 0 spiro atoms. The highest BCUT2D eigenvalue weighted by molar-refractivity contribution is 5.98. The Kier molecular flexibility index (Phi) is 7.19. The summed E-state index contributed by atoms with van der Waals surface area (Å²) < 4.78 is 5.21. The molecule has 168 valence electrons. The molecular formula is C25H36N4O2. The summed E-state index contributed by atoms with van der Waals surface area (Å²) >= 11 is 0. The lowest BCUT2D eigenvalue weighted by molar-refractivity contribution is -0.128.